The van der Waals surface area contributed by atoms with Crippen LogP contribution >= 0.6 is 27.3 Å². The molecule has 7 heteroatoms. The third kappa shape index (κ3) is 3.77. The van der Waals surface area contributed by atoms with Crippen molar-refractivity contribution in [2.24, 2.45) is 5.73 Å². The third-order valence-electron chi connectivity index (χ3n) is 2.48. The molecule has 0 aliphatic heterocycles. The summed E-state index contributed by atoms with van der Waals surface area (Å²) in [6.45, 7) is 0. The number of hydrogen-bond donors (Lipinski definition) is 1. The molecule has 1 aromatic carbocycles. The van der Waals surface area contributed by atoms with Crippen LogP contribution in [-0.2, 0) is 12.6 Å². The number of aromatic nitrogens is 1. The van der Waals surface area contributed by atoms with Crippen LogP contribution in [-0.4, -0.2) is 4.98 Å². The fourth-order valence-electron chi connectivity index (χ4n) is 1.61. The van der Waals surface area contributed by atoms with Crippen molar-refractivity contribution < 1.29 is 13.2 Å². The molecule has 0 amide bonds. The normalized spacial score (nSPS) is 13.5. The Morgan fingerprint density at radius 2 is 2.11 bits per heavy atom. The van der Waals surface area contributed by atoms with Crippen LogP contribution in [0.25, 0.3) is 0 Å². The first kappa shape index (κ1) is 14.5. The minimum atomic E-state index is -4.40. The van der Waals surface area contributed by atoms with E-state index < -0.39 is 17.2 Å². The molecule has 0 spiro atoms. The zero-order chi connectivity index (χ0) is 14.0. The van der Waals surface area contributed by atoms with Gasteiger partial charge >= 0.3 is 6.18 Å². The van der Waals surface area contributed by atoms with Gasteiger partial charge in [-0.15, -0.1) is 11.3 Å². The van der Waals surface area contributed by atoms with Crippen molar-refractivity contribution in [1.29, 1.82) is 0 Å². The number of nitrogens with zero attached hydrogens (tertiary/aromatic N) is 1. The highest BCUT2D eigenvalue weighted by Crippen LogP contribution is 2.34. The first-order chi connectivity index (χ1) is 8.86. The average molecular weight is 351 g/mol. The molecule has 0 saturated heterocycles. The van der Waals surface area contributed by atoms with E-state index in [1.54, 1.807) is 0 Å². The van der Waals surface area contributed by atoms with Gasteiger partial charge in [0.25, 0.3) is 0 Å². The van der Waals surface area contributed by atoms with Gasteiger partial charge in [-0.05, 0) is 24.1 Å². The number of hydrogen-bond acceptors (Lipinski definition) is 3. The van der Waals surface area contributed by atoms with E-state index >= 15 is 0 Å². The van der Waals surface area contributed by atoms with Crippen LogP contribution in [0.1, 0.15) is 21.5 Å². The summed E-state index contributed by atoms with van der Waals surface area (Å²) < 4.78 is 38.3. The molecule has 0 fully saturated rings. The van der Waals surface area contributed by atoms with E-state index in [1.807, 2.05) is 24.3 Å². The topological polar surface area (TPSA) is 38.9 Å². The predicted octanol–water partition coefficient (Wildman–Crippen LogP) is 4.17. The highest BCUT2D eigenvalue weighted by Gasteiger charge is 2.35. The fourth-order valence-corrected chi connectivity index (χ4v) is 2.84. The average Bonchev–Trinajstić information content (AvgIpc) is 2.77. The van der Waals surface area contributed by atoms with Gasteiger partial charge < -0.3 is 5.73 Å². The van der Waals surface area contributed by atoms with Crippen molar-refractivity contribution in [3.8, 4) is 0 Å². The van der Waals surface area contributed by atoms with Gasteiger partial charge in [-0.25, -0.2) is 4.98 Å². The number of nitrogens with two attached hydrogens (primary N) is 1. The largest absolute Gasteiger partial charge is 0.443 e. The molecular formula is C12H10BrF3N2S. The van der Waals surface area contributed by atoms with Gasteiger partial charge in [-0.1, -0.05) is 28.1 Å². The molecule has 1 atom stereocenters. The molecule has 0 saturated carbocycles. The first-order valence-corrected chi connectivity index (χ1v) is 7.00. The van der Waals surface area contributed by atoms with Gasteiger partial charge in [-0.2, -0.15) is 13.2 Å². The number of benzene rings is 1. The molecule has 19 heavy (non-hydrogen) atoms. The van der Waals surface area contributed by atoms with Crippen molar-refractivity contribution in [2.45, 2.75) is 18.6 Å². The highest BCUT2D eigenvalue weighted by atomic mass is 79.9. The van der Waals surface area contributed by atoms with E-state index in [0.29, 0.717) is 22.6 Å². The summed E-state index contributed by atoms with van der Waals surface area (Å²) in [6.07, 6.45) is -2.73. The molecule has 2 rings (SSSR count). The maximum atomic E-state index is 12.4. The zero-order valence-electron chi connectivity index (χ0n) is 9.62. The van der Waals surface area contributed by atoms with Gasteiger partial charge in [-0.3, -0.25) is 0 Å². The lowest BCUT2D eigenvalue weighted by atomic mass is 10.1. The second-order valence-electron chi connectivity index (χ2n) is 4.01. The van der Waals surface area contributed by atoms with Crippen LogP contribution in [0.15, 0.2) is 34.9 Å². The van der Waals surface area contributed by atoms with E-state index in [1.165, 1.54) is 6.20 Å². The highest BCUT2D eigenvalue weighted by molar-refractivity contribution is 9.10. The smallest absolute Gasteiger partial charge is 0.323 e. The van der Waals surface area contributed by atoms with Crippen LogP contribution in [0.4, 0.5) is 13.2 Å². The second kappa shape index (κ2) is 5.60. The van der Waals surface area contributed by atoms with Gasteiger partial charge in [0.2, 0.25) is 0 Å². The van der Waals surface area contributed by atoms with Crippen LogP contribution in [0.3, 0.4) is 0 Å². The van der Waals surface area contributed by atoms with Crippen molar-refractivity contribution in [2.75, 3.05) is 0 Å². The molecule has 0 aliphatic carbocycles. The minimum Gasteiger partial charge on any atom is -0.323 e. The summed E-state index contributed by atoms with van der Waals surface area (Å²) in [4.78, 5) is 3.81. The van der Waals surface area contributed by atoms with Gasteiger partial charge in [0.15, 0.2) is 5.01 Å². The fraction of sp³-hybridized carbons (Fsp3) is 0.250. The van der Waals surface area contributed by atoms with Gasteiger partial charge in [0, 0.05) is 21.6 Å². The maximum Gasteiger partial charge on any atom is 0.443 e. The van der Waals surface area contributed by atoms with E-state index in [0.717, 1.165) is 10.0 Å². The lowest BCUT2D eigenvalue weighted by Crippen LogP contribution is -2.11. The number of halogens is 4. The summed E-state index contributed by atoms with van der Waals surface area (Å²) in [5.74, 6) is 0. The number of thiazole rings is 1. The Hall–Kier alpha value is -0.920. The molecule has 2 N–H and O–H groups in total. The number of rotatable bonds is 3. The van der Waals surface area contributed by atoms with E-state index in [2.05, 4.69) is 20.9 Å². The first-order valence-electron chi connectivity index (χ1n) is 5.39. The summed E-state index contributed by atoms with van der Waals surface area (Å²) in [7, 11) is 0. The molecule has 1 heterocycles. The SMILES string of the molecule is NC(Cc1cccc(Br)c1)c1cnc(C(F)(F)F)s1. The van der Waals surface area contributed by atoms with Crippen LogP contribution in [0.5, 0.6) is 0 Å². The third-order valence-corrected chi connectivity index (χ3v) is 4.14. The molecule has 102 valence electrons. The van der Waals surface area contributed by atoms with E-state index in [9.17, 15) is 13.2 Å². The Bertz CT molecular complexity index is 568. The molecule has 0 aliphatic rings. The monoisotopic (exact) mass is 350 g/mol. The lowest BCUT2D eigenvalue weighted by molar-refractivity contribution is -0.137. The van der Waals surface area contributed by atoms with Crippen molar-refractivity contribution in [1.82, 2.24) is 4.98 Å². The predicted molar refractivity (Wildman–Crippen MR) is 71.9 cm³/mol. The Morgan fingerprint density at radius 1 is 1.37 bits per heavy atom. The van der Waals surface area contributed by atoms with Crippen LogP contribution < -0.4 is 5.73 Å². The van der Waals surface area contributed by atoms with E-state index in [4.69, 9.17) is 5.73 Å². The number of alkyl halides is 3. The Labute approximate surface area is 120 Å². The van der Waals surface area contributed by atoms with Crippen molar-refractivity contribution in [3.05, 3.63) is 50.4 Å². The van der Waals surface area contributed by atoms with Crippen LogP contribution in [0, 0.1) is 0 Å². The molecule has 1 unspecified atom stereocenters. The van der Waals surface area contributed by atoms with Gasteiger partial charge in [0.05, 0.1) is 0 Å². The summed E-state index contributed by atoms with van der Waals surface area (Å²) >= 11 is 3.94. The maximum absolute atomic E-state index is 12.4. The Kier molecular flexibility index (Phi) is 4.27. The summed E-state index contributed by atoms with van der Waals surface area (Å²) in [5.41, 5.74) is 6.88. The molecule has 2 nitrogen and oxygen atoms in total. The summed E-state index contributed by atoms with van der Waals surface area (Å²) in [6, 6.07) is 7.04. The molecule has 2 aromatic rings. The summed E-state index contributed by atoms with van der Waals surface area (Å²) in [5, 5.41) is -0.854. The second-order valence-corrected chi connectivity index (χ2v) is 5.98. The lowest BCUT2D eigenvalue weighted by Gasteiger charge is -2.09. The minimum absolute atomic E-state index is 0.437. The van der Waals surface area contributed by atoms with Crippen molar-refractivity contribution >= 4 is 27.3 Å². The molecule has 1 aromatic heterocycles. The zero-order valence-corrected chi connectivity index (χ0v) is 12.0. The standard InChI is InChI=1S/C12H10BrF3N2S/c13-8-3-1-2-7(4-8)5-9(17)10-6-18-11(19-10)12(14,15)16/h1-4,6,9H,5,17H2. The van der Waals surface area contributed by atoms with E-state index in [-0.39, 0.29) is 0 Å². The Balaban J connectivity index is 2.12. The molecular weight excluding hydrogens is 341 g/mol. The quantitative estimate of drug-likeness (QED) is 0.902. The molecule has 0 bridgehead atoms. The van der Waals surface area contributed by atoms with Crippen molar-refractivity contribution in [3.63, 3.8) is 0 Å². The van der Waals surface area contributed by atoms with Gasteiger partial charge in [0.1, 0.15) is 0 Å². The van der Waals surface area contributed by atoms with Crippen LogP contribution in [0.2, 0.25) is 0 Å². The Morgan fingerprint density at radius 3 is 2.68 bits per heavy atom. The molecule has 0 radical (unpaired) electrons.